The fourth-order valence-corrected chi connectivity index (χ4v) is 3.68. The summed E-state index contributed by atoms with van der Waals surface area (Å²) in [6.07, 6.45) is 1.92. The van der Waals surface area contributed by atoms with Gasteiger partial charge in [0, 0.05) is 18.3 Å². The summed E-state index contributed by atoms with van der Waals surface area (Å²) >= 11 is 0. The maximum absolute atomic E-state index is 14.4. The molecule has 7 nitrogen and oxygen atoms in total. The van der Waals surface area contributed by atoms with E-state index in [4.69, 9.17) is 9.84 Å². The van der Waals surface area contributed by atoms with E-state index in [0.717, 1.165) is 0 Å². The van der Waals surface area contributed by atoms with Crippen LogP contribution in [0.4, 0.5) is 14.9 Å². The third-order valence-electron chi connectivity index (χ3n) is 5.27. The summed E-state index contributed by atoms with van der Waals surface area (Å²) in [4.78, 5) is 28.6. The molecule has 3 aromatic rings. The minimum atomic E-state index is -1.13. The Balaban J connectivity index is 1.73. The summed E-state index contributed by atoms with van der Waals surface area (Å²) in [5, 5.41) is 14.8. The molecule has 1 aromatic heterocycles. The van der Waals surface area contributed by atoms with Crippen LogP contribution in [0.3, 0.4) is 0 Å². The van der Waals surface area contributed by atoms with E-state index in [9.17, 15) is 14.0 Å². The lowest BCUT2D eigenvalue weighted by Gasteiger charge is -2.39. The number of hydrogen-bond donors (Lipinski definition) is 3. The zero-order chi connectivity index (χ0) is 22.0. The van der Waals surface area contributed by atoms with Crippen LogP contribution in [0.15, 0.2) is 60.8 Å². The van der Waals surface area contributed by atoms with E-state index in [0.29, 0.717) is 41.3 Å². The average molecular weight is 421 g/mol. The molecule has 1 aliphatic rings. The Kier molecular flexibility index (Phi) is 5.29. The molecule has 2 amide bonds. The highest BCUT2D eigenvalue weighted by Gasteiger charge is 2.42. The van der Waals surface area contributed by atoms with Gasteiger partial charge < -0.3 is 20.5 Å². The topological polar surface area (TPSA) is 101 Å². The van der Waals surface area contributed by atoms with Gasteiger partial charge in [-0.15, -0.1) is 0 Å². The van der Waals surface area contributed by atoms with Crippen molar-refractivity contribution in [3.8, 4) is 5.75 Å². The highest BCUT2D eigenvalue weighted by Crippen LogP contribution is 2.40. The van der Waals surface area contributed by atoms with Crippen LogP contribution in [-0.4, -0.2) is 28.7 Å². The van der Waals surface area contributed by atoms with Crippen LogP contribution in [0.1, 0.15) is 33.6 Å². The lowest BCUT2D eigenvalue weighted by Crippen LogP contribution is -2.51. The van der Waals surface area contributed by atoms with Gasteiger partial charge in [-0.05, 0) is 54.4 Å². The maximum Gasteiger partial charge on any atom is 0.335 e. The number of amides is 2. The average Bonchev–Trinajstić information content (AvgIpc) is 2.76. The maximum atomic E-state index is 14.4. The largest absolute Gasteiger partial charge is 0.491 e. The van der Waals surface area contributed by atoms with Gasteiger partial charge in [-0.2, -0.15) is 0 Å². The van der Waals surface area contributed by atoms with Crippen LogP contribution in [0.25, 0.3) is 0 Å². The number of aromatic nitrogens is 1. The number of carboxylic acids is 1. The molecule has 158 valence electrons. The van der Waals surface area contributed by atoms with Crippen molar-refractivity contribution in [1.29, 1.82) is 0 Å². The number of hydrogen-bond acceptors (Lipinski definition) is 4. The van der Waals surface area contributed by atoms with Gasteiger partial charge in [-0.1, -0.05) is 18.2 Å². The van der Waals surface area contributed by atoms with Gasteiger partial charge in [0.05, 0.1) is 12.2 Å². The first-order chi connectivity index (χ1) is 14.9. The zero-order valence-electron chi connectivity index (χ0n) is 16.7. The Labute approximate surface area is 177 Å². The number of benzene rings is 2. The van der Waals surface area contributed by atoms with E-state index in [2.05, 4.69) is 15.6 Å². The molecule has 0 spiro atoms. The third kappa shape index (κ3) is 3.92. The Morgan fingerprint density at radius 3 is 2.77 bits per heavy atom. The predicted molar refractivity (Wildman–Crippen MR) is 112 cm³/mol. The summed E-state index contributed by atoms with van der Waals surface area (Å²) < 4.78 is 20.2. The van der Waals surface area contributed by atoms with E-state index in [1.54, 1.807) is 43.5 Å². The number of carboxylic acid groups (broad SMARTS) is 1. The van der Waals surface area contributed by atoms with Gasteiger partial charge >= 0.3 is 12.0 Å². The minimum Gasteiger partial charge on any atom is -0.491 e. The van der Waals surface area contributed by atoms with Gasteiger partial charge in [-0.3, -0.25) is 4.98 Å². The second-order valence-electron chi connectivity index (χ2n) is 7.28. The van der Waals surface area contributed by atoms with Crippen molar-refractivity contribution in [3.05, 3.63) is 89.0 Å². The first-order valence-corrected chi connectivity index (χ1v) is 9.66. The van der Waals surface area contributed by atoms with E-state index < -0.39 is 23.4 Å². The predicted octanol–water partition coefficient (Wildman–Crippen LogP) is 4.08. The summed E-state index contributed by atoms with van der Waals surface area (Å²) in [6.45, 7) is 1.96. The van der Waals surface area contributed by atoms with Crippen molar-refractivity contribution in [2.45, 2.75) is 18.9 Å². The molecule has 0 bridgehead atoms. The molecular weight excluding hydrogens is 401 g/mol. The fourth-order valence-electron chi connectivity index (χ4n) is 3.68. The molecule has 0 saturated heterocycles. The van der Waals surface area contributed by atoms with Crippen molar-refractivity contribution in [3.63, 3.8) is 0 Å². The Morgan fingerprint density at radius 1 is 1.16 bits per heavy atom. The first-order valence-electron chi connectivity index (χ1n) is 9.66. The monoisotopic (exact) mass is 421 g/mol. The van der Waals surface area contributed by atoms with Crippen molar-refractivity contribution < 1.29 is 23.8 Å². The van der Waals surface area contributed by atoms with E-state index in [1.165, 1.54) is 24.3 Å². The number of fused-ring (bicyclic) bond motifs is 1. The fraction of sp³-hybridized carbons (Fsp3) is 0.174. The summed E-state index contributed by atoms with van der Waals surface area (Å²) in [6, 6.07) is 13.6. The number of carbonyl (C=O) groups is 2. The molecule has 0 unspecified atom stereocenters. The smallest absolute Gasteiger partial charge is 0.335 e. The van der Waals surface area contributed by atoms with Gasteiger partial charge in [0.25, 0.3) is 0 Å². The van der Waals surface area contributed by atoms with Crippen LogP contribution in [0.5, 0.6) is 5.75 Å². The molecule has 8 heteroatoms. The summed E-state index contributed by atoms with van der Waals surface area (Å²) in [7, 11) is 0. The molecule has 3 N–H and O–H groups in total. The number of nitrogens with zero attached hydrogens (tertiary/aromatic N) is 1. The van der Waals surface area contributed by atoms with Crippen molar-refractivity contribution in [1.82, 2.24) is 10.3 Å². The van der Waals surface area contributed by atoms with E-state index in [1.807, 2.05) is 0 Å². The molecule has 2 aromatic carbocycles. The standard InChI is InChI=1S/C23H20FN3O4/c1-14-7-8-16(13-18(14)24)23(9-11-31-19-6-3-10-25-20(19)23)27-22(30)26-17-5-2-4-15(12-17)21(28)29/h2-8,10,12-13H,9,11H2,1H3,(H,28,29)(H2,26,27,30)/t23-/m0/s1. The van der Waals surface area contributed by atoms with E-state index in [-0.39, 0.29) is 5.56 Å². The molecule has 0 saturated carbocycles. The molecule has 4 rings (SSSR count). The molecule has 0 fully saturated rings. The van der Waals surface area contributed by atoms with Crippen molar-refractivity contribution >= 4 is 17.7 Å². The number of aromatic carboxylic acids is 1. The summed E-state index contributed by atoms with van der Waals surface area (Å²) in [5.74, 6) is -0.988. The van der Waals surface area contributed by atoms with Gasteiger partial charge in [0.2, 0.25) is 0 Å². The third-order valence-corrected chi connectivity index (χ3v) is 5.27. The van der Waals surface area contributed by atoms with Crippen molar-refractivity contribution in [2.75, 3.05) is 11.9 Å². The number of pyridine rings is 1. The van der Waals surface area contributed by atoms with Gasteiger partial charge in [0.1, 0.15) is 22.8 Å². The molecule has 1 atom stereocenters. The molecule has 0 radical (unpaired) electrons. The zero-order valence-corrected chi connectivity index (χ0v) is 16.7. The molecule has 31 heavy (non-hydrogen) atoms. The number of nitrogens with one attached hydrogen (secondary N) is 2. The van der Waals surface area contributed by atoms with Crippen LogP contribution in [-0.2, 0) is 5.54 Å². The number of anilines is 1. The number of rotatable bonds is 4. The highest BCUT2D eigenvalue weighted by atomic mass is 19.1. The van der Waals surface area contributed by atoms with Crippen LogP contribution >= 0.6 is 0 Å². The Hall–Kier alpha value is -3.94. The van der Waals surface area contributed by atoms with Crippen LogP contribution in [0, 0.1) is 12.7 Å². The summed E-state index contributed by atoms with van der Waals surface area (Å²) in [5.41, 5.74) is 0.731. The number of ether oxygens (including phenoxy) is 1. The molecular formula is C23H20FN3O4. The number of carbonyl (C=O) groups excluding carboxylic acids is 1. The van der Waals surface area contributed by atoms with Gasteiger partial charge in [-0.25, -0.2) is 14.0 Å². The SMILES string of the molecule is Cc1ccc([C@@]2(NC(=O)Nc3cccc(C(=O)O)c3)CCOc3cccnc32)cc1F. The number of aryl methyl sites for hydroxylation is 1. The quantitative estimate of drug-likeness (QED) is 0.590. The normalized spacial score (nSPS) is 17.2. The molecule has 2 heterocycles. The minimum absolute atomic E-state index is 0.0474. The highest BCUT2D eigenvalue weighted by molar-refractivity contribution is 5.93. The second-order valence-corrected chi connectivity index (χ2v) is 7.28. The Morgan fingerprint density at radius 2 is 2.00 bits per heavy atom. The van der Waals surface area contributed by atoms with E-state index >= 15 is 0 Å². The second kappa shape index (κ2) is 8.06. The molecule has 0 aliphatic carbocycles. The Bertz CT molecular complexity index is 1170. The lowest BCUT2D eigenvalue weighted by atomic mass is 9.81. The first kappa shape index (κ1) is 20.3. The van der Waals surface area contributed by atoms with Crippen molar-refractivity contribution in [2.24, 2.45) is 0 Å². The lowest BCUT2D eigenvalue weighted by molar-refractivity contribution is 0.0697. The molecule has 1 aliphatic heterocycles. The number of halogens is 1. The van der Waals surface area contributed by atoms with Crippen LogP contribution < -0.4 is 15.4 Å². The number of urea groups is 1. The van der Waals surface area contributed by atoms with Gasteiger partial charge in [0.15, 0.2) is 0 Å². The van der Waals surface area contributed by atoms with Crippen LogP contribution in [0.2, 0.25) is 0 Å².